The predicted molar refractivity (Wildman–Crippen MR) is 73.9 cm³/mol. The Bertz CT molecular complexity index is 448. The number of carbonyl (C=O) groups excluding carboxylic acids is 2. The minimum Gasteiger partial charge on any atom is -0.448 e. The number of carbonyl (C=O) groups is 2. The topological polar surface area (TPSA) is 90.6 Å². The van der Waals surface area contributed by atoms with Crippen molar-refractivity contribution in [2.75, 3.05) is 6.61 Å². The van der Waals surface area contributed by atoms with Crippen molar-refractivity contribution >= 4 is 12.2 Å². The molecule has 0 saturated heterocycles. The van der Waals surface area contributed by atoms with Gasteiger partial charge < -0.3 is 20.5 Å². The molecule has 0 spiro atoms. The molecule has 0 radical (unpaired) electrons. The van der Waals surface area contributed by atoms with E-state index in [0.29, 0.717) is 6.42 Å². The van der Waals surface area contributed by atoms with Gasteiger partial charge in [-0.05, 0) is 12.0 Å². The third-order valence-electron chi connectivity index (χ3n) is 2.41. The summed E-state index contributed by atoms with van der Waals surface area (Å²) >= 11 is 0. The zero-order valence-corrected chi connectivity index (χ0v) is 11.1. The zero-order chi connectivity index (χ0) is 14.8. The summed E-state index contributed by atoms with van der Waals surface area (Å²) in [5.74, 6) is 0. The molecule has 1 unspecified atom stereocenters. The molecule has 108 valence electrons. The van der Waals surface area contributed by atoms with Crippen LogP contribution in [0, 0.1) is 0 Å². The van der Waals surface area contributed by atoms with Crippen molar-refractivity contribution in [1.82, 2.24) is 5.32 Å². The molecule has 1 rings (SSSR count). The summed E-state index contributed by atoms with van der Waals surface area (Å²) < 4.78 is 9.70. The van der Waals surface area contributed by atoms with E-state index in [1.54, 1.807) is 6.08 Å². The maximum atomic E-state index is 11.6. The number of hydrogen-bond donors (Lipinski definition) is 2. The van der Waals surface area contributed by atoms with Crippen LogP contribution in [0.2, 0.25) is 0 Å². The molecule has 6 nitrogen and oxygen atoms in total. The van der Waals surface area contributed by atoms with Crippen LogP contribution in [0.25, 0.3) is 0 Å². The van der Waals surface area contributed by atoms with Gasteiger partial charge in [-0.2, -0.15) is 0 Å². The summed E-state index contributed by atoms with van der Waals surface area (Å²) in [5, 5.41) is 2.58. The van der Waals surface area contributed by atoms with Crippen LogP contribution >= 0.6 is 0 Å². The highest BCUT2D eigenvalue weighted by Crippen LogP contribution is 2.01. The summed E-state index contributed by atoms with van der Waals surface area (Å²) in [7, 11) is 0. The fourth-order valence-electron chi connectivity index (χ4n) is 1.48. The van der Waals surface area contributed by atoms with E-state index in [1.807, 2.05) is 30.3 Å². The van der Waals surface area contributed by atoms with E-state index in [1.165, 1.54) is 0 Å². The Morgan fingerprint density at radius 3 is 2.60 bits per heavy atom. The lowest BCUT2D eigenvalue weighted by atomic mass is 10.2. The quantitative estimate of drug-likeness (QED) is 0.746. The highest BCUT2D eigenvalue weighted by molar-refractivity contribution is 5.68. The van der Waals surface area contributed by atoms with Gasteiger partial charge in [-0.3, -0.25) is 0 Å². The fourth-order valence-corrected chi connectivity index (χ4v) is 1.48. The average molecular weight is 278 g/mol. The van der Waals surface area contributed by atoms with Crippen LogP contribution < -0.4 is 11.1 Å². The van der Waals surface area contributed by atoms with E-state index in [-0.39, 0.29) is 13.2 Å². The van der Waals surface area contributed by atoms with E-state index >= 15 is 0 Å². The molecule has 0 aliphatic rings. The molecule has 1 aromatic rings. The van der Waals surface area contributed by atoms with Gasteiger partial charge in [-0.1, -0.05) is 36.4 Å². The maximum absolute atomic E-state index is 11.6. The van der Waals surface area contributed by atoms with E-state index in [4.69, 9.17) is 10.5 Å². The van der Waals surface area contributed by atoms with Crippen LogP contribution in [0.4, 0.5) is 9.59 Å². The van der Waals surface area contributed by atoms with Crippen molar-refractivity contribution in [3.63, 3.8) is 0 Å². The number of rotatable bonds is 7. The fraction of sp³-hybridized carbons (Fsp3) is 0.286. The lowest BCUT2D eigenvalue weighted by Gasteiger charge is -2.16. The van der Waals surface area contributed by atoms with Crippen LogP contribution in [0.15, 0.2) is 43.0 Å². The van der Waals surface area contributed by atoms with Gasteiger partial charge in [-0.25, -0.2) is 9.59 Å². The third-order valence-corrected chi connectivity index (χ3v) is 2.41. The first-order valence-corrected chi connectivity index (χ1v) is 6.12. The molecule has 0 saturated carbocycles. The highest BCUT2D eigenvalue weighted by Gasteiger charge is 2.13. The smallest absolute Gasteiger partial charge is 0.407 e. The van der Waals surface area contributed by atoms with Gasteiger partial charge in [0.1, 0.15) is 13.2 Å². The first kappa shape index (κ1) is 15.6. The Labute approximate surface area is 117 Å². The van der Waals surface area contributed by atoms with E-state index in [9.17, 15) is 9.59 Å². The second-order valence-electron chi connectivity index (χ2n) is 4.06. The zero-order valence-electron chi connectivity index (χ0n) is 11.1. The molecule has 1 aromatic carbocycles. The summed E-state index contributed by atoms with van der Waals surface area (Å²) in [5.41, 5.74) is 5.76. The van der Waals surface area contributed by atoms with Gasteiger partial charge in [0, 0.05) is 0 Å². The SMILES string of the molecule is C=CCC(COC(N)=O)NC(=O)OCc1ccccc1. The second kappa shape index (κ2) is 8.58. The molecular formula is C14H18N2O4. The Kier molecular flexibility index (Phi) is 6.67. The van der Waals surface area contributed by atoms with Crippen LogP contribution in [0.3, 0.4) is 0 Å². The lowest BCUT2D eigenvalue weighted by molar-refractivity contribution is 0.119. The number of nitrogens with two attached hydrogens (primary N) is 1. The van der Waals surface area contributed by atoms with Crippen molar-refractivity contribution in [3.8, 4) is 0 Å². The van der Waals surface area contributed by atoms with Gasteiger partial charge >= 0.3 is 12.2 Å². The Hall–Kier alpha value is -2.50. The molecule has 0 aliphatic carbocycles. The molecule has 0 heterocycles. The van der Waals surface area contributed by atoms with Gasteiger partial charge in [0.05, 0.1) is 6.04 Å². The first-order valence-electron chi connectivity index (χ1n) is 6.12. The number of amides is 2. The van der Waals surface area contributed by atoms with Gasteiger partial charge in [-0.15, -0.1) is 6.58 Å². The predicted octanol–water partition coefficient (Wildman–Crippen LogP) is 1.95. The van der Waals surface area contributed by atoms with Crippen LogP contribution in [0.5, 0.6) is 0 Å². The molecule has 0 aromatic heterocycles. The van der Waals surface area contributed by atoms with E-state index < -0.39 is 18.2 Å². The number of hydrogen-bond acceptors (Lipinski definition) is 4. The van der Waals surface area contributed by atoms with Gasteiger partial charge in [0.2, 0.25) is 0 Å². The summed E-state index contributed by atoms with van der Waals surface area (Å²) in [6, 6.07) is 8.89. The van der Waals surface area contributed by atoms with Crippen molar-refractivity contribution < 1.29 is 19.1 Å². The molecule has 3 N–H and O–H groups in total. The number of ether oxygens (including phenoxy) is 2. The number of primary amides is 1. The Morgan fingerprint density at radius 1 is 1.30 bits per heavy atom. The maximum Gasteiger partial charge on any atom is 0.407 e. The first-order chi connectivity index (χ1) is 9.61. The van der Waals surface area contributed by atoms with Crippen LogP contribution in [0.1, 0.15) is 12.0 Å². The minimum atomic E-state index is -0.890. The summed E-state index contributed by atoms with van der Waals surface area (Å²) in [4.78, 5) is 22.1. The average Bonchev–Trinajstić information content (AvgIpc) is 2.44. The van der Waals surface area contributed by atoms with Gasteiger partial charge in [0.15, 0.2) is 0 Å². The largest absolute Gasteiger partial charge is 0.448 e. The van der Waals surface area contributed by atoms with Crippen molar-refractivity contribution in [1.29, 1.82) is 0 Å². The van der Waals surface area contributed by atoms with Crippen LogP contribution in [-0.2, 0) is 16.1 Å². The van der Waals surface area contributed by atoms with Crippen molar-refractivity contribution in [2.24, 2.45) is 5.73 Å². The van der Waals surface area contributed by atoms with E-state index in [0.717, 1.165) is 5.56 Å². The number of nitrogens with one attached hydrogen (secondary N) is 1. The molecular weight excluding hydrogens is 260 g/mol. The van der Waals surface area contributed by atoms with E-state index in [2.05, 4.69) is 16.6 Å². The molecule has 2 amide bonds. The number of alkyl carbamates (subject to hydrolysis) is 1. The van der Waals surface area contributed by atoms with Crippen molar-refractivity contribution in [3.05, 3.63) is 48.6 Å². The molecule has 0 fully saturated rings. The molecule has 6 heteroatoms. The number of benzene rings is 1. The summed E-state index contributed by atoms with van der Waals surface area (Å²) in [6.07, 6.45) is 0.563. The Morgan fingerprint density at radius 2 is 2.00 bits per heavy atom. The third kappa shape index (κ3) is 6.44. The molecule has 0 aliphatic heterocycles. The summed E-state index contributed by atoms with van der Waals surface area (Å²) in [6.45, 7) is 3.71. The Balaban J connectivity index is 2.37. The van der Waals surface area contributed by atoms with Crippen molar-refractivity contribution in [2.45, 2.75) is 19.1 Å². The second-order valence-corrected chi connectivity index (χ2v) is 4.06. The molecule has 20 heavy (non-hydrogen) atoms. The van der Waals surface area contributed by atoms with Gasteiger partial charge in [0.25, 0.3) is 0 Å². The minimum absolute atomic E-state index is 0.0260. The standard InChI is InChI=1S/C14H18N2O4/c1-2-6-12(10-19-13(15)17)16-14(18)20-9-11-7-4-3-5-8-11/h2-5,7-8,12H,1,6,9-10H2,(H2,15,17)(H,16,18). The molecule has 0 bridgehead atoms. The highest BCUT2D eigenvalue weighted by atomic mass is 16.6. The van der Waals surface area contributed by atoms with Crippen LogP contribution in [-0.4, -0.2) is 24.8 Å². The normalized spacial score (nSPS) is 11.2. The lowest BCUT2D eigenvalue weighted by Crippen LogP contribution is -2.39. The monoisotopic (exact) mass is 278 g/mol. The molecule has 1 atom stereocenters.